The summed E-state index contributed by atoms with van der Waals surface area (Å²) in [5.74, 6) is -0.263. The molecule has 0 spiro atoms. The molecule has 0 aliphatic carbocycles. The minimum atomic E-state index is -4.12. The number of carbonyl (C=O) groups is 1. The molecular formula is C14H29NO6P-. The lowest BCUT2D eigenvalue weighted by molar-refractivity contribution is -0.123. The number of unbranched alkanes of at least 4 members (excludes halogenated alkanes) is 1. The molecule has 0 aliphatic rings. The highest BCUT2D eigenvalue weighted by atomic mass is 31.2. The van der Waals surface area contributed by atoms with Gasteiger partial charge in [0.05, 0.1) is 6.61 Å². The highest BCUT2D eigenvalue weighted by Crippen LogP contribution is 2.44. The van der Waals surface area contributed by atoms with Crippen molar-refractivity contribution in [2.45, 2.75) is 46.1 Å². The molecule has 22 heavy (non-hydrogen) atoms. The van der Waals surface area contributed by atoms with E-state index in [1.54, 1.807) is 0 Å². The summed E-state index contributed by atoms with van der Waals surface area (Å²) in [6.07, 6.45) is 1.52. The second-order valence-corrected chi connectivity index (χ2v) is 7.08. The molecule has 0 aromatic heterocycles. The summed E-state index contributed by atoms with van der Waals surface area (Å²) in [6, 6.07) is 0. The number of phosphoric ester groups is 1. The molecule has 3 unspecified atom stereocenters. The zero-order valence-electron chi connectivity index (χ0n) is 13.7. The van der Waals surface area contributed by atoms with Crippen molar-refractivity contribution in [1.29, 1.82) is 0 Å². The van der Waals surface area contributed by atoms with Gasteiger partial charge in [-0.3, -0.25) is 9.32 Å². The van der Waals surface area contributed by atoms with Crippen molar-refractivity contribution in [2.24, 2.45) is 11.8 Å². The summed E-state index contributed by atoms with van der Waals surface area (Å²) in [4.78, 5) is 20.7. The first-order chi connectivity index (χ1) is 10.2. The predicted molar refractivity (Wildman–Crippen MR) is 84.0 cm³/mol. The number of aliphatic hydroxyl groups is 1. The molecule has 0 aliphatic heterocycles. The Morgan fingerprint density at radius 3 is 2.45 bits per heavy atom. The highest BCUT2D eigenvalue weighted by Gasteiger charge is 2.22. The maximum absolute atomic E-state index is 11.5. The zero-order chi connectivity index (χ0) is 17.2. The van der Waals surface area contributed by atoms with Crippen molar-refractivity contribution in [3.05, 3.63) is 6.92 Å². The third-order valence-corrected chi connectivity index (χ3v) is 4.01. The van der Waals surface area contributed by atoms with Crippen LogP contribution in [0.5, 0.6) is 0 Å². The lowest BCUT2D eigenvalue weighted by Gasteiger charge is -2.20. The van der Waals surface area contributed by atoms with Crippen molar-refractivity contribution < 1.29 is 28.4 Å². The van der Waals surface area contributed by atoms with Crippen molar-refractivity contribution in [2.75, 3.05) is 19.8 Å². The van der Waals surface area contributed by atoms with E-state index in [2.05, 4.69) is 16.8 Å². The Kier molecular flexibility index (Phi) is 10.9. The van der Waals surface area contributed by atoms with Crippen LogP contribution in [0.3, 0.4) is 0 Å². The number of hydrogen-bond acceptors (Lipinski definition) is 5. The van der Waals surface area contributed by atoms with Gasteiger partial charge in [0.2, 0.25) is 5.91 Å². The number of hydrogen-bond donors (Lipinski definition) is 3. The summed E-state index contributed by atoms with van der Waals surface area (Å²) in [7, 11) is -4.12. The molecule has 0 aromatic rings. The average molecular weight is 338 g/mol. The fourth-order valence-corrected chi connectivity index (χ4v) is 2.57. The quantitative estimate of drug-likeness (QED) is 0.285. The number of phosphoric acid groups is 1. The van der Waals surface area contributed by atoms with Crippen molar-refractivity contribution in [3.63, 3.8) is 0 Å². The Morgan fingerprint density at radius 1 is 1.32 bits per heavy atom. The van der Waals surface area contributed by atoms with E-state index in [1.165, 1.54) is 6.92 Å². The normalized spacial score (nSPS) is 17.0. The second kappa shape index (κ2) is 11.1. The molecule has 0 bridgehead atoms. The van der Waals surface area contributed by atoms with Crippen molar-refractivity contribution in [3.8, 4) is 0 Å². The molecule has 0 radical (unpaired) electrons. The van der Waals surface area contributed by atoms with Gasteiger partial charge >= 0.3 is 7.82 Å². The Labute approximate surface area is 133 Å². The third-order valence-electron chi connectivity index (χ3n) is 2.91. The van der Waals surface area contributed by atoms with Crippen LogP contribution in [-0.2, 0) is 18.4 Å². The molecule has 3 atom stereocenters. The Balaban J connectivity index is 3.89. The average Bonchev–Trinajstić information content (AvgIpc) is 2.39. The van der Waals surface area contributed by atoms with Gasteiger partial charge in [-0.05, 0) is 12.8 Å². The largest absolute Gasteiger partial charge is 0.469 e. The molecule has 132 valence electrons. The van der Waals surface area contributed by atoms with Crippen LogP contribution in [0.1, 0.15) is 40.0 Å². The Morgan fingerprint density at radius 2 is 1.95 bits per heavy atom. The van der Waals surface area contributed by atoms with Crippen LogP contribution in [0.2, 0.25) is 0 Å². The van der Waals surface area contributed by atoms with E-state index < -0.39 is 13.9 Å². The third kappa shape index (κ3) is 11.2. The van der Waals surface area contributed by atoms with E-state index in [4.69, 9.17) is 4.52 Å². The Bertz CT molecular complexity index is 361. The first-order valence-electron chi connectivity index (χ1n) is 7.55. The molecule has 3 N–H and O–H groups in total. The van der Waals surface area contributed by atoms with Gasteiger partial charge in [-0.25, -0.2) is 4.57 Å². The molecule has 0 heterocycles. The Hall–Kier alpha value is -0.460. The van der Waals surface area contributed by atoms with E-state index in [-0.39, 0.29) is 31.0 Å². The van der Waals surface area contributed by atoms with Gasteiger partial charge in [0, 0.05) is 25.0 Å². The maximum Gasteiger partial charge on any atom is 0.469 e. The van der Waals surface area contributed by atoms with Gasteiger partial charge in [-0.15, -0.1) is 0 Å². The fraction of sp³-hybridized carbons (Fsp3) is 0.857. The predicted octanol–water partition coefficient (Wildman–Crippen LogP) is 1.89. The van der Waals surface area contributed by atoms with Crippen LogP contribution in [0.4, 0.5) is 0 Å². The van der Waals surface area contributed by atoms with Gasteiger partial charge in [0.15, 0.2) is 0 Å². The smallest absolute Gasteiger partial charge is 0.396 e. The van der Waals surface area contributed by atoms with Gasteiger partial charge in [0.25, 0.3) is 0 Å². The van der Waals surface area contributed by atoms with E-state index in [9.17, 15) is 19.4 Å². The summed E-state index contributed by atoms with van der Waals surface area (Å²) in [5, 5.41) is 12.1. The van der Waals surface area contributed by atoms with Gasteiger partial charge in [0.1, 0.15) is 0 Å². The number of nitrogens with one attached hydrogen (secondary N) is 1. The number of amides is 1. The first kappa shape index (κ1) is 21.5. The van der Waals surface area contributed by atoms with Crippen LogP contribution < -0.4 is 5.32 Å². The van der Waals surface area contributed by atoms with Crippen molar-refractivity contribution >= 4 is 13.7 Å². The molecule has 1 amide bonds. The zero-order valence-corrected chi connectivity index (χ0v) is 14.6. The van der Waals surface area contributed by atoms with Gasteiger partial charge in [-0.2, -0.15) is 0 Å². The lowest BCUT2D eigenvalue weighted by Crippen LogP contribution is -2.28. The van der Waals surface area contributed by atoms with Gasteiger partial charge < -0.3 is 26.8 Å². The van der Waals surface area contributed by atoms with Crippen LogP contribution >= 0.6 is 7.82 Å². The minimum Gasteiger partial charge on any atom is -0.396 e. The van der Waals surface area contributed by atoms with Crippen LogP contribution in [0, 0.1) is 18.8 Å². The topological polar surface area (TPSA) is 105 Å². The van der Waals surface area contributed by atoms with E-state index in [0.29, 0.717) is 13.0 Å². The summed E-state index contributed by atoms with van der Waals surface area (Å²) in [5.41, 5.74) is 0. The minimum absolute atomic E-state index is 0.0164. The van der Waals surface area contributed by atoms with Crippen LogP contribution in [0.15, 0.2) is 0 Å². The van der Waals surface area contributed by atoms with E-state index in [0.717, 1.165) is 12.8 Å². The summed E-state index contributed by atoms with van der Waals surface area (Å²) < 4.78 is 21.0. The first-order valence-corrected chi connectivity index (χ1v) is 9.05. The molecular weight excluding hydrogens is 309 g/mol. The number of carbonyl (C=O) groups excluding carboxylic acids is 1. The number of aliphatic hydroxyl groups excluding tert-OH is 1. The molecule has 0 fully saturated rings. The SMILES string of the molecule is [CH2-]C(C)OP(=O)(O)OCC(CO)CCCCNC(=O)C(C)C. The van der Waals surface area contributed by atoms with E-state index >= 15 is 0 Å². The standard InChI is InChI=1S/C14H29NO6P/c1-11(2)14(17)15-8-6-5-7-13(9-16)10-20-22(18,19)21-12(3)4/h11-13,16H,3,5-10H2,1-2,4H3,(H,15,17)(H,18,19)/q-1. The molecule has 8 heteroatoms. The summed E-state index contributed by atoms with van der Waals surface area (Å²) >= 11 is 0. The summed E-state index contributed by atoms with van der Waals surface area (Å²) in [6.45, 7) is 9.02. The molecule has 7 nitrogen and oxygen atoms in total. The van der Waals surface area contributed by atoms with Gasteiger partial charge in [-0.1, -0.05) is 33.3 Å². The second-order valence-electron chi connectivity index (χ2n) is 5.67. The van der Waals surface area contributed by atoms with E-state index in [1.807, 2.05) is 13.8 Å². The number of rotatable bonds is 12. The fourth-order valence-electron chi connectivity index (χ4n) is 1.66. The molecule has 0 saturated carbocycles. The molecule has 0 rings (SSSR count). The molecule has 0 saturated heterocycles. The van der Waals surface area contributed by atoms with Crippen LogP contribution in [0.25, 0.3) is 0 Å². The van der Waals surface area contributed by atoms with Crippen LogP contribution in [-0.4, -0.2) is 41.8 Å². The monoisotopic (exact) mass is 338 g/mol. The lowest BCUT2D eigenvalue weighted by atomic mass is 10.0. The maximum atomic E-state index is 11.5. The molecule has 0 aromatic carbocycles. The van der Waals surface area contributed by atoms with Crippen molar-refractivity contribution in [1.82, 2.24) is 5.32 Å². The highest BCUT2D eigenvalue weighted by molar-refractivity contribution is 7.47.